The summed E-state index contributed by atoms with van der Waals surface area (Å²) in [6, 6.07) is 9.45. The first-order valence-corrected chi connectivity index (χ1v) is 10.6. The molecule has 1 amide bonds. The molecule has 12 heteroatoms. The van der Waals surface area contributed by atoms with Gasteiger partial charge in [0.25, 0.3) is 5.91 Å². The third-order valence-electron chi connectivity index (χ3n) is 4.36. The van der Waals surface area contributed by atoms with E-state index in [2.05, 4.69) is 15.1 Å². The molecule has 0 aliphatic heterocycles. The summed E-state index contributed by atoms with van der Waals surface area (Å²) in [5.41, 5.74) is -1.52. The monoisotopic (exact) mass is 472 g/mol. The Hall–Kier alpha value is -2.89. The smallest absolute Gasteiger partial charge is 0.322 e. The van der Waals surface area contributed by atoms with Crippen molar-refractivity contribution in [1.29, 1.82) is 0 Å². The molecular formula is C19H16ClF3N4O3S. The largest absolute Gasteiger partial charge is 0.434 e. The summed E-state index contributed by atoms with van der Waals surface area (Å²) in [5.74, 6) is -1.09. The molecule has 7 nitrogen and oxygen atoms in total. The fourth-order valence-electron chi connectivity index (χ4n) is 2.84. The second kappa shape index (κ2) is 8.33. The standard InChI is InChI=1S/C19H16ClF3N4O3S/c1-11-3-6-13(9-16(11)31(29,30)24-2)26-18(28)15-10-25-27(17(15)19(21,22)23)14-7-4-12(20)5-8-14/h3-10,24H,1-2H3,(H,26,28). The molecule has 0 unspecified atom stereocenters. The first-order valence-electron chi connectivity index (χ1n) is 8.71. The van der Waals surface area contributed by atoms with Gasteiger partial charge in [-0.25, -0.2) is 17.8 Å². The van der Waals surface area contributed by atoms with Crippen molar-refractivity contribution in [1.82, 2.24) is 14.5 Å². The normalized spacial score (nSPS) is 12.1. The van der Waals surface area contributed by atoms with Crippen LogP contribution in [-0.2, 0) is 16.2 Å². The summed E-state index contributed by atoms with van der Waals surface area (Å²) in [7, 11) is -2.60. The number of rotatable bonds is 5. The van der Waals surface area contributed by atoms with E-state index in [9.17, 15) is 26.4 Å². The fourth-order valence-corrected chi connectivity index (χ4v) is 3.96. The quantitative estimate of drug-likeness (QED) is 0.586. The van der Waals surface area contributed by atoms with Gasteiger partial charge < -0.3 is 5.32 Å². The van der Waals surface area contributed by atoms with Crippen LogP contribution < -0.4 is 10.0 Å². The number of alkyl halides is 3. The zero-order valence-corrected chi connectivity index (χ0v) is 17.7. The lowest BCUT2D eigenvalue weighted by molar-refractivity contribution is -0.143. The summed E-state index contributed by atoms with van der Waals surface area (Å²) < 4.78 is 68.3. The number of carbonyl (C=O) groups is 1. The first kappa shape index (κ1) is 22.8. The van der Waals surface area contributed by atoms with Crippen LogP contribution in [0.4, 0.5) is 18.9 Å². The van der Waals surface area contributed by atoms with E-state index in [1.807, 2.05) is 0 Å². The lowest BCUT2D eigenvalue weighted by Gasteiger charge is -2.13. The lowest BCUT2D eigenvalue weighted by atomic mass is 10.2. The Morgan fingerprint density at radius 2 is 1.77 bits per heavy atom. The Balaban J connectivity index is 2.02. The molecule has 2 N–H and O–H groups in total. The van der Waals surface area contributed by atoms with Crippen molar-refractivity contribution >= 4 is 33.2 Å². The van der Waals surface area contributed by atoms with Crippen LogP contribution in [-0.4, -0.2) is 31.2 Å². The number of hydrogen-bond donors (Lipinski definition) is 2. The van der Waals surface area contributed by atoms with Gasteiger partial charge in [0.15, 0.2) is 5.69 Å². The van der Waals surface area contributed by atoms with Crippen molar-refractivity contribution in [2.75, 3.05) is 12.4 Å². The van der Waals surface area contributed by atoms with Crippen molar-refractivity contribution in [3.63, 3.8) is 0 Å². The van der Waals surface area contributed by atoms with Gasteiger partial charge in [0.1, 0.15) is 0 Å². The molecule has 0 fully saturated rings. The van der Waals surface area contributed by atoms with Gasteiger partial charge in [-0.2, -0.15) is 18.3 Å². The van der Waals surface area contributed by atoms with Gasteiger partial charge >= 0.3 is 6.18 Å². The average molecular weight is 473 g/mol. The van der Waals surface area contributed by atoms with Gasteiger partial charge in [-0.3, -0.25) is 4.79 Å². The van der Waals surface area contributed by atoms with E-state index < -0.39 is 33.4 Å². The molecule has 0 radical (unpaired) electrons. The predicted molar refractivity (Wildman–Crippen MR) is 109 cm³/mol. The number of carbonyl (C=O) groups excluding carboxylic acids is 1. The molecule has 3 rings (SSSR count). The van der Waals surface area contributed by atoms with E-state index in [-0.39, 0.29) is 16.3 Å². The molecule has 2 aromatic carbocycles. The van der Waals surface area contributed by atoms with Gasteiger partial charge in [0.05, 0.1) is 22.3 Å². The number of nitrogens with one attached hydrogen (secondary N) is 2. The highest BCUT2D eigenvalue weighted by molar-refractivity contribution is 7.89. The number of anilines is 1. The van der Waals surface area contributed by atoms with Crippen molar-refractivity contribution in [3.8, 4) is 5.69 Å². The maximum absolute atomic E-state index is 13.8. The van der Waals surface area contributed by atoms with E-state index in [1.165, 1.54) is 43.4 Å². The highest BCUT2D eigenvalue weighted by Gasteiger charge is 2.40. The molecule has 31 heavy (non-hydrogen) atoms. The summed E-state index contributed by atoms with van der Waals surface area (Å²) >= 11 is 5.78. The van der Waals surface area contributed by atoms with Gasteiger partial charge in [-0.15, -0.1) is 0 Å². The number of sulfonamides is 1. The van der Waals surface area contributed by atoms with Crippen LogP contribution in [0.25, 0.3) is 5.69 Å². The molecule has 1 aromatic heterocycles. The van der Waals surface area contributed by atoms with E-state index in [4.69, 9.17) is 11.6 Å². The van der Waals surface area contributed by atoms with Gasteiger partial charge in [-0.05, 0) is 55.9 Å². The molecule has 0 atom stereocenters. The minimum atomic E-state index is -4.89. The van der Waals surface area contributed by atoms with Crippen LogP contribution >= 0.6 is 11.6 Å². The van der Waals surface area contributed by atoms with Crippen LogP contribution in [0.2, 0.25) is 5.02 Å². The number of amides is 1. The summed E-state index contributed by atoms with van der Waals surface area (Å²) in [4.78, 5) is 12.5. The molecule has 0 aliphatic carbocycles. The highest BCUT2D eigenvalue weighted by Crippen LogP contribution is 2.34. The molecule has 0 aliphatic rings. The zero-order valence-electron chi connectivity index (χ0n) is 16.2. The Bertz CT molecular complexity index is 1240. The highest BCUT2D eigenvalue weighted by atomic mass is 35.5. The Morgan fingerprint density at radius 1 is 1.13 bits per heavy atom. The van der Waals surface area contributed by atoms with Gasteiger partial charge in [-0.1, -0.05) is 17.7 Å². The average Bonchev–Trinajstić information content (AvgIpc) is 3.16. The number of halogens is 4. The molecule has 3 aromatic rings. The molecule has 0 saturated carbocycles. The van der Waals surface area contributed by atoms with Crippen LogP contribution in [0.3, 0.4) is 0 Å². The topological polar surface area (TPSA) is 93.1 Å². The molecule has 0 spiro atoms. The van der Waals surface area contributed by atoms with Crippen LogP contribution in [0.15, 0.2) is 53.6 Å². The lowest BCUT2D eigenvalue weighted by Crippen LogP contribution is -2.22. The second-order valence-electron chi connectivity index (χ2n) is 6.43. The molecular weight excluding hydrogens is 457 g/mol. The van der Waals surface area contributed by atoms with E-state index in [1.54, 1.807) is 6.92 Å². The van der Waals surface area contributed by atoms with Crippen LogP contribution in [0, 0.1) is 6.92 Å². The van der Waals surface area contributed by atoms with E-state index in [0.29, 0.717) is 15.3 Å². The molecule has 1 heterocycles. The summed E-state index contributed by atoms with van der Waals surface area (Å²) in [6.07, 6.45) is -4.09. The Kier molecular flexibility index (Phi) is 6.12. The minimum absolute atomic E-state index is 0.0109. The first-order chi connectivity index (χ1) is 14.4. The molecule has 164 valence electrons. The maximum Gasteiger partial charge on any atom is 0.434 e. The third kappa shape index (κ3) is 4.73. The van der Waals surface area contributed by atoms with Crippen molar-refractivity contribution in [2.24, 2.45) is 0 Å². The predicted octanol–water partition coefficient (Wildman–Crippen LogP) is 4.01. The summed E-state index contributed by atoms with van der Waals surface area (Å²) in [6.45, 7) is 1.55. The van der Waals surface area contributed by atoms with Crippen molar-refractivity contribution in [2.45, 2.75) is 18.0 Å². The maximum atomic E-state index is 13.8. The second-order valence-corrected chi connectivity index (χ2v) is 8.73. The minimum Gasteiger partial charge on any atom is -0.322 e. The Morgan fingerprint density at radius 3 is 2.35 bits per heavy atom. The van der Waals surface area contributed by atoms with Crippen LogP contribution in [0.5, 0.6) is 0 Å². The molecule has 0 saturated heterocycles. The van der Waals surface area contributed by atoms with Crippen molar-refractivity contribution < 1.29 is 26.4 Å². The number of aromatic nitrogens is 2. The van der Waals surface area contributed by atoms with Gasteiger partial charge in [0.2, 0.25) is 10.0 Å². The summed E-state index contributed by atoms with van der Waals surface area (Å²) in [5, 5.41) is 6.35. The fraction of sp³-hybridized carbons (Fsp3) is 0.158. The van der Waals surface area contributed by atoms with E-state index in [0.717, 1.165) is 12.3 Å². The Labute approximate surface area is 180 Å². The van der Waals surface area contributed by atoms with Crippen molar-refractivity contribution in [3.05, 3.63) is 70.5 Å². The third-order valence-corrected chi connectivity index (χ3v) is 6.17. The van der Waals surface area contributed by atoms with Gasteiger partial charge in [0, 0.05) is 10.7 Å². The number of nitrogens with zero attached hydrogens (tertiary/aromatic N) is 2. The number of hydrogen-bond acceptors (Lipinski definition) is 4. The SMILES string of the molecule is CNS(=O)(=O)c1cc(NC(=O)c2cnn(-c3ccc(Cl)cc3)c2C(F)(F)F)ccc1C. The zero-order chi connectivity index (χ0) is 23.0. The van der Waals surface area contributed by atoms with Crippen LogP contribution in [0.1, 0.15) is 21.6 Å². The van der Waals surface area contributed by atoms with E-state index >= 15 is 0 Å². The molecule has 0 bridgehead atoms. The number of benzene rings is 2. The number of aryl methyl sites for hydroxylation is 1.